The molecule has 5 aliphatic carbocycles. The molecule has 9 nitrogen and oxygen atoms in total. The topological polar surface area (TPSA) is 125 Å². The minimum absolute atomic E-state index is 0.107. The average molecular weight is 897 g/mol. The van der Waals surface area contributed by atoms with Crippen LogP contribution in [0.25, 0.3) is 0 Å². The molecule has 0 aromatic heterocycles. The average Bonchev–Trinajstić information content (AvgIpc) is 3.51. The van der Waals surface area contributed by atoms with E-state index in [0.29, 0.717) is 43.9 Å². The highest BCUT2D eigenvalue weighted by molar-refractivity contribution is 5.82. The molecule has 0 radical (unpaired) electrons. The maximum atomic E-state index is 15.3. The summed E-state index contributed by atoms with van der Waals surface area (Å²) in [6.45, 7) is 42.9. The third kappa shape index (κ3) is 10.1. The third-order valence-electron chi connectivity index (χ3n) is 19.2. The molecule has 0 spiro atoms. The van der Waals surface area contributed by atoms with Crippen molar-refractivity contribution >= 4 is 23.9 Å². The van der Waals surface area contributed by atoms with Gasteiger partial charge in [-0.25, -0.2) is 4.79 Å². The number of cyclic esters (lactones) is 1. The number of rotatable bonds is 16. The lowest BCUT2D eigenvalue weighted by Crippen LogP contribution is -2.61. The van der Waals surface area contributed by atoms with Gasteiger partial charge in [0.15, 0.2) is 0 Å². The summed E-state index contributed by atoms with van der Waals surface area (Å²) in [4.78, 5) is 57.9. The molecule has 9 atom stereocenters. The number of hydrogen-bond acceptors (Lipinski definition) is 9. The molecule has 64 heavy (non-hydrogen) atoms. The van der Waals surface area contributed by atoms with Gasteiger partial charge in [0.1, 0.15) is 11.2 Å². The van der Waals surface area contributed by atoms with Crippen LogP contribution in [-0.2, 0) is 38.1 Å². The van der Waals surface area contributed by atoms with Gasteiger partial charge < -0.3 is 24.1 Å². The summed E-state index contributed by atoms with van der Waals surface area (Å²) in [5.74, 6) is -1.71. The third-order valence-corrected chi connectivity index (χ3v) is 19.2. The lowest BCUT2D eigenvalue weighted by Gasteiger charge is -2.59. The molecular formula is C55H92O9. The van der Waals surface area contributed by atoms with Crippen LogP contribution in [0.15, 0.2) is 12.2 Å². The second-order valence-electron chi connectivity index (χ2n) is 27.5. The highest BCUT2D eigenvalue weighted by atomic mass is 16.6. The number of aliphatic hydroxyl groups is 1. The van der Waals surface area contributed by atoms with E-state index in [1.54, 1.807) is 0 Å². The van der Waals surface area contributed by atoms with Crippen molar-refractivity contribution in [1.29, 1.82) is 0 Å². The second-order valence-corrected chi connectivity index (χ2v) is 27.5. The first-order valence-corrected chi connectivity index (χ1v) is 25.1. The number of esters is 4. The fraction of sp³-hybridized carbons (Fsp3) is 0.891. The summed E-state index contributed by atoms with van der Waals surface area (Å²) in [6.07, 6.45) is 7.95. The molecule has 6 rings (SSSR count). The summed E-state index contributed by atoms with van der Waals surface area (Å²) >= 11 is 0. The van der Waals surface area contributed by atoms with Crippen molar-refractivity contribution in [2.24, 2.45) is 73.4 Å². The molecular weight excluding hydrogens is 805 g/mol. The van der Waals surface area contributed by atoms with Gasteiger partial charge in [0.25, 0.3) is 0 Å². The maximum absolute atomic E-state index is 15.3. The fourth-order valence-electron chi connectivity index (χ4n) is 13.8. The second kappa shape index (κ2) is 17.3. The van der Waals surface area contributed by atoms with Gasteiger partial charge in [-0.15, -0.1) is 0 Å². The lowest BCUT2D eigenvalue weighted by atomic mass is 9.47. The van der Waals surface area contributed by atoms with E-state index in [1.807, 2.05) is 0 Å². The summed E-state index contributed by atoms with van der Waals surface area (Å²) in [5.41, 5.74) is -5.45. The molecule has 366 valence electrons. The van der Waals surface area contributed by atoms with Gasteiger partial charge in [-0.05, 0) is 135 Å². The van der Waals surface area contributed by atoms with Gasteiger partial charge in [0.2, 0.25) is 6.10 Å². The van der Waals surface area contributed by atoms with E-state index in [-0.39, 0.29) is 35.8 Å². The zero-order valence-corrected chi connectivity index (χ0v) is 43.9. The Bertz CT molecular complexity index is 1770. The van der Waals surface area contributed by atoms with E-state index < -0.39 is 79.2 Å². The summed E-state index contributed by atoms with van der Waals surface area (Å²) in [7, 11) is 0. The molecule has 0 aromatic rings. The SMILES string of the molecule is C=C1CC(C)C(C)(OC(=O)C(C)(CC(C)(C)C)C(C)(C)C(C)(C)CC(C(=O)OC2CCOC2=O)C(C)(C)C(C)(C)CC(C(=O)OC23CC4CC(CC(O)(C4)C2)C3)C(C)(C)C)C(CC)C1. The predicted molar refractivity (Wildman–Crippen MR) is 253 cm³/mol. The Morgan fingerprint density at radius 1 is 0.812 bits per heavy atom. The van der Waals surface area contributed by atoms with E-state index in [9.17, 15) is 14.7 Å². The first-order chi connectivity index (χ1) is 28.9. The van der Waals surface area contributed by atoms with Gasteiger partial charge in [-0.1, -0.05) is 123 Å². The molecule has 5 saturated carbocycles. The van der Waals surface area contributed by atoms with Crippen LogP contribution in [0.3, 0.4) is 0 Å². The molecule has 1 saturated heterocycles. The Kier molecular flexibility index (Phi) is 14.2. The minimum Gasteiger partial charge on any atom is -0.463 e. The van der Waals surface area contributed by atoms with Gasteiger partial charge in [-0.2, -0.15) is 0 Å². The van der Waals surface area contributed by atoms with Crippen molar-refractivity contribution in [1.82, 2.24) is 0 Å². The van der Waals surface area contributed by atoms with Crippen LogP contribution < -0.4 is 0 Å². The summed E-state index contributed by atoms with van der Waals surface area (Å²) in [5, 5.41) is 11.5. The number of allylic oxidation sites excluding steroid dienone is 1. The Hall–Kier alpha value is -2.42. The largest absolute Gasteiger partial charge is 0.463 e. The van der Waals surface area contributed by atoms with Crippen LogP contribution in [0.2, 0.25) is 0 Å². The van der Waals surface area contributed by atoms with Crippen LogP contribution in [0.1, 0.15) is 208 Å². The number of carbonyl (C=O) groups is 4. The van der Waals surface area contributed by atoms with Crippen molar-refractivity contribution in [2.45, 2.75) is 231 Å². The van der Waals surface area contributed by atoms with Crippen molar-refractivity contribution < 1.29 is 43.2 Å². The monoisotopic (exact) mass is 897 g/mol. The highest BCUT2D eigenvalue weighted by Crippen LogP contribution is 2.63. The number of hydrogen-bond donors (Lipinski definition) is 1. The van der Waals surface area contributed by atoms with Gasteiger partial charge in [0, 0.05) is 18.8 Å². The quantitative estimate of drug-likeness (QED) is 0.0915. The van der Waals surface area contributed by atoms with Crippen LogP contribution in [-0.4, -0.2) is 58.5 Å². The molecule has 0 aromatic carbocycles. The first kappa shape index (κ1) is 52.5. The van der Waals surface area contributed by atoms with E-state index in [2.05, 4.69) is 131 Å². The fourth-order valence-corrected chi connectivity index (χ4v) is 13.8. The van der Waals surface area contributed by atoms with E-state index >= 15 is 9.59 Å². The van der Waals surface area contributed by atoms with Crippen LogP contribution in [0.5, 0.6) is 0 Å². The van der Waals surface area contributed by atoms with E-state index in [1.165, 1.54) is 5.57 Å². The van der Waals surface area contributed by atoms with Crippen molar-refractivity contribution in [3.63, 3.8) is 0 Å². The molecule has 1 heterocycles. The normalized spacial score (nSPS) is 33.3. The number of ether oxygens (including phenoxy) is 4. The maximum Gasteiger partial charge on any atom is 0.347 e. The summed E-state index contributed by atoms with van der Waals surface area (Å²) in [6, 6.07) is 0. The zero-order valence-electron chi connectivity index (χ0n) is 43.9. The Labute approximate surface area is 389 Å². The molecule has 1 N–H and O–H groups in total. The van der Waals surface area contributed by atoms with Crippen molar-refractivity contribution in [2.75, 3.05) is 6.61 Å². The van der Waals surface area contributed by atoms with E-state index in [0.717, 1.165) is 51.4 Å². The number of carbonyl (C=O) groups excluding carboxylic acids is 4. The van der Waals surface area contributed by atoms with Crippen molar-refractivity contribution in [3.8, 4) is 0 Å². The van der Waals surface area contributed by atoms with Gasteiger partial charge >= 0.3 is 23.9 Å². The molecule has 9 heteroatoms. The molecule has 6 fully saturated rings. The first-order valence-electron chi connectivity index (χ1n) is 25.1. The minimum atomic E-state index is -0.987. The van der Waals surface area contributed by atoms with Gasteiger partial charge in [-0.3, -0.25) is 14.4 Å². The molecule has 6 aliphatic rings. The predicted octanol–water partition coefficient (Wildman–Crippen LogP) is 12.4. The van der Waals surface area contributed by atoms with Crippen LogP contribution >= 0.6 is 0 Å². The molecule has 0 amide bonds. The van der Waals surface area contributed by atoms with E-state index in [4.69, 9.17) is 18.9 Å². The molecule has 9 unspecified atom stereocenters. The zero-order chi connectivity index (χ0) is 48.7. The molecule has 1 aliphatic heterocycles. The van der Waals surface area contributed by atoms with Crippen molar-refractivity contribution in [3.05, 3.63) is 12.2 Å². The molecule has 4 bridgehead atoms. The van der Waals surface area contributed by atoms with Crippen LogP contribution in [0.4, 0.5) is 0 Å². The summed E-state index contributed by atoms with van der Waals surface area (Å²) < 4.78 is 25.0. The Morgan fingerprint density at radius 2 is 1.38 bits per heavy atom. The van der Waals surface area contributed by atoms with Crippen LogP contribution in [0, 0.1) is 73.4 Å². The Morgan fingerprint density at radius 3 is 1.86 bits per heavy atom. The lowest BCUT2D eigenvalue weighted by molar-refractivity contribution is -0.225. The van der Waals surface area contributed by atoms with Gasteiger partial charge in [0.05, 0.1) is 29.5 Å². The highest BCUT2D eigenvalue weighted by Gasteiger charge is 2.63. The standard InChI is InChI=1S/C55H92O9/c1-20-38-24-34(2)23-35(3)53(38,19)64-45(59)52(18,32-46(4,5)6)51(16,17)49(12,13)31-40(42(56)62-41-21-22-61-44(41)58)50(14,15)48(10,11)30-39(47(7,8)9)43(57)63-55-28-36-25-37(29-55)27-54(60,26-36)33-55/h35-41,60H,2,20-33H2,1,3-19H3. The smallest absolute Gasteiger partial charge is 0.347 e. The Balaban J connectivity index is 1.51.